The van der Waals surface area contributed by atoms with Crippen molar-refractivity contribution < 1.29 is 4.74 Å². The van der Waals surface area contributed by atoms with E-state index in [1.165, 1.54) is 0 Å². The van der Waals surface area contributed by atoms with E-state index >= 15 is 0 Å². The van der Waals surface area contributed by atoms with Gasteiger partial charge in [-0.3, -0.25) is 4.98 Å². The van der Waals surface area contributed by atoms with Gasteiger partial charge in [-0.2, -0.15) is 0 Å². The summed E-state index contributed by atoms with van der Waals surface area (Å²) in [6.45, 7) is 1.95. The third kappa shape index (κ3) is 2.86. The Kier molecular flexibility index (Phi) is 3.93. The van der Waals surface area contributed by atoms with E-state index < -0.39 is 0 Å². The molecule has 92 valence electrons. The van der Waals surface area contributed by atoms with Gasteiger partial charge in [0.25, 0.3) is 0 Å². The van der Waals surface area contributed by atoms with E-state index in [0.29, 0.717) is 16.5 Å². The molecule has 0 saturated carbocycles. The van der Waals surface area contributed by atoms with Crippen molar-refractivity contribution in [3.05, 3.63) is 52.3 Å². The van der Waals surface area contributed by atoms with Gasteiger partial charge in [0.1, 0.15) is 16.5 Å². The number of hydrogen-bond donors (Lipinski definition) is 1. The normalized spacial score (nSPS) is 10.1. The number of benzene rings is 1. The second kappa shape index (κ2) is 5.46. The molecule has 1 heterocycles. The molecule has 0 fully saturated rings. The third-order valence-electron chi connectivity index (χ3n) is 2.38. The molecule has 0 saturated heterocycles. The van der Waals surface area contributed by atoms with Crippen LogP contribution in [0.25, 0.3) is 0 Å². The highest BCUT2D eigenvalue weighted by Gasteiger charge is 2.10. The molecule has 2 N–H and O–H groups in total. The highest BCUT2D eigenvalue weighted by Crippen LogP contribution is 2.29. The van der Waals surface area contributed by atoms with Gasteiger partial charge in [0.05, 0.1) is 11.8 Å². The maximum atomic E-state index is 5.82. The molecule has 0 atom stereocenters. The summed E-state index contributed by atoms with van der Waals surface area (Å²) in [5.41, 5.74) is 7.39. The van der Waals surface area contributed by atoms with Crippen LogP contribution in [0.5, 0.6) is 11.5 Å². The van der Waals surface area contributed by atoms with Gasteiger partial charge in [0, 0.05) is 10.7 Å². The molecule has 0 aliphatic rings. The Morgan fingerprint density at radius 3 is 2.83 bits per heavy atom. The number of thiocarbonyl (C=S) groups is 1. The maximum Gasteiger partial charge on any atom is 0.146 e. The van der Waals surface area contributed by atoms with Crippen LogP contribution in [-0.2, 0) is 0 Å². The lowest BCUT2D eigenvalue weighted by molar-refractivity contribution is 0.475. The SMILES string of the molecule is Cc1cccc(C(N)=S)c1Oc1cncc(Br)c1. The topological polar surface area (TPSA) is 48.1 Å². The number of pyridine rings is 1. The Balaban J connectivity index is 2.42. The van der Waals surface area contributed by atoms with Gasteiger partial charge in [0.2, 0.25) is 0 Å². The molecule has 0 bridgehead atoms. The molecular formula is C13H11BrN2OS. The van der Waals surface area contributed by atoms with E-state index in [1.807, 2.05) is 31.2 Å². The molecule has 1 aromatic carbocycles. The predicted molar refractivity (Wildman–Crippen MR) is 79.1 cm³/mol. The largest absolute Gasteiger partial charge is 0.455 e. The first-order chi connectivity index (χ1) is 8.58. The summed E-state index contributed by atoms with van der Waals surface area (Å²) in [4.78, 5) is 4.36. The van der Waals surface area contributed by atoms with Gasteiger partial charge >= 0.3 is 0 Å². The van der Waals surface area contributed by atoms with Crippen molar-refractivity contribution in [3.8, 4) is 11.5 Å². The fourth-order valence-corrected chi connectivity index (χ4v) is 2.05. The first-order valence-electron chi connectivity index (χ1n) is 5.26. The molecule has 0 radical (unpaired) electrons. The molecular weight excluding hydrogens is 312 g/mol. The predicted octanol–water partition coefficient (Wildman–Crippen LogP) is 3.58. The molecule has 0 amide bonds. The molecule has 2 aromatic rings. The van der Waals surface area contributed by atoms with E-state index in [-0.39, 0.29) is 0 Å². The Morgan fingerprint density at radius 1 is 1.39 bits per heavy atom. The van der Waals surface area contributed by atoms with Crippen molar-refractivity contribution >= 4 is 33.1 Å². The highest BCUT2D eigenvalue weighted by molar-refractivity contribution is 9.10. The van der Waals surface area contributed by atoms with Crippen molar-refractivity contribution in [3.63, 3.8) is 0 Å². The summed E-state index contributed by atoms with van der Waals surface area (Å²) in [7, 11) is 0. The minimum Gasteiger partial charge on any atom is -0.455 e. The lowest BCUT2D eigenvalue weighted by Gasteiger charge is -2.12. The Morgan fingerprint density at radius 2 is 2.17 bits per heavy atom. The van der Waals surface area contributed by atoms with E-state index in [4.69, 9.17) is 22.7 Å². The molecule has 3 nitrogen and oxygen atoms in total. The molecule has 0 spiro atoms. The Hall–Kier alpha value is -1.46. The molecule has 0 unspecified atom stereocenters. The number of hydrogen-bond acceptors (Lipinski definition) is 3. The van der Waals surface area contributed by atoms with Crippen molar-refractivity contribution in [1.29, 1.82) is 0 Å². The molecule has 5 heteroatoms. The average molecular weight is 323 g/mol. The molecule has 2 rings (SSSR count). The first kappa shape index (κ1) is 13.0. The van der Waals surface area contributed by atoms with E-state index in [0.717, 1.165) is 15.6 Å². The number of nitrogens with two attached hydrogens (primary N) is 1. The van der Waals surface area contributed by atoms with Crippen LogP contribution in [0.4, 0.5) is 0 Å². The molecule has 18 heavy (non-hydrogen) atoms. The lowest BCUT2D eigenvalue weighted by atomic mass is 10.1. The van der Waals surface area contributed by atoms with Crippen LogP contribution in [0.15, 0.2) is 41.1 Å². The Labute approximate surface area is 119 Å². The minimum absolute atomic E-state index is 0.316. The molecule has 0 aliphatic carbocycles. The fourth-order valence-electron chi connectivity index (χ4n) is 1.55. The lowest BCUT2D eigenvalue weighted by Crippen LogP contribution is -2.11. The maximum absolute atomic E-state index is 5.82. The summed E-state index contributed by atoms with van der Waals surface area (Å²) >= 11 is 8.37. The first-order valence-corrected chi connectivity index (χ1v) is 6.46. The average Bonchev–Trinajstić information content (AvgIpc) is 2.31. The zero-order valence-corrected chi connectivity index (χ0v) is 12.1. The second-order valence-electron chi connectivity index (χ2n) is 3.76. The number of ether oxygens (including phenoxy) is 1. The van der Waals surface area contributed by atoms with Crippen molar-refractivity contribution in [2.24, 2.45) is 5.73 Å². The van der Waals surface area contributed by atoms with Gasteiger partial charge in [-0.25, -0.2) is 0 Å². The zero-order chi connectivity index (χ0) is 13.1. The Bertz CT molecular complexity index is 601. The number of para-hydroxylation sites is 1. The molecule has 1 aromatic heterocycles. The quantitative estimate of drug-likeness (QED) is 0.877. The second-order valence-corrected chi connectivity index (χ2v) is 5.11. The summed E-state index contributed by atoms with van der Waals surface area (Å²) in [6, 6.07) is 7.53. The van der Waals surface area contributed by atoms with Crippen LogP contribution >= 0.6 is 28.1 Å². The van der Waals surface area contributed by atoms with Crippen LogP contribution in [-0.4, -0.2) is 9.97 Å². The molecule has 0 aliphatic heterocycles. The van der Waals surface area contributed by atoms with Crippen LogP contribution in [0.2, 0.25) is 0 Å². The van der Waals surface area contributed by atoms with E-state index in [2.05, 4.69) is 20.9 Å². The number of rotatable bonds is 3. The summed E-state index contributed by atoms with van der Waals surface area (Å²) in [5, 5.41) is 0. The smallest absolute Gasteiger partial charge is 0.146 e. The van der Waals surface area contributed by atoms with E-state index in [9.17, 15) is 0 Å². The number of nitrogens with zero attached hydrogens (tertiary/aromatic N) is 1. The van der Waals surface area contributed by atoms with E-state index in [1.54, 1.807) is 12.4 Å². The third-order valence-corrected chi connectivity index (χ3v) is 3.03. The number of halogens is 1. The summed E-state index contributed by atoms with van der Waals surface area (Å²) in [5.74, 6) is 1.31. The fraction of sp³-hybridized carbons (Fsp3) is 0.0769. The number of aromatic nitrogens is 1. The minimum atomic E-state index is 0.316. The summed E-state index contributed by atoms with van der Waals surface area (Å²) < 4.78 is 6.67. The zero-order valence-electron chi connectivity index (χ0n) is 9.68. The van der Waals surface area contributed by atoms with Gasteiger partial charge < -0.3 is 10.5 Å². The highest BCUT2D eigenvalue weighted by atomic mass is 79.9. The van der Waals surface area contributed by atoms with Crippen molar-refractivity contribution in [1.82, 2.24) is 4.98 Å². The van der Waals surface area contributed by atoms with Gasteiger partial charge in [-0.05, 0) is 40.5 Å². The van der Waals surface area contributed by atoms with Crippen LogP contribution < -0.4 is 10.5 Å². The van der Waals surface area contributed by atoms with Crippen LogP contribution in [0.1, 0.15) is 11.1 Å². The van der Waals surface area contributed by atoms with Gasteiger partial charge in [-0.15, -0.1) is 0 Å². The standard InChI is InChI=1S/C13H11BrN2OS/c1-8-3-2-4-11(13(15)18)12(8)17-10-5-9(14)6-16-7-10/h2-7H,1H3,(H2,15,18). The van der Waals surface area contributed by atoms with Crippen LogP contribution in [0, 0.1) is 6.92 Å². The summed E-state index contributed by atoms with van der Waals surface area (Å²) in [6.07, 6.45) is 3.33. The van der Waals surface area contributed by atoms with Crippen molar-refractivity contribution in [2.45, 2.75) is 6.92 Å². The van der Waals surface area contributed by atoms with Crippen LogP contribution in [0.3, 0.4) is 0 Å². The monoisotopic (exact) mass is 322 g/mol. The van der Waals surface area contributed by atoms with Gasteiger partial charge in [-0.1, -0.05) is 24.4 Å². The van der Waals surface area contributed by atoms with Gasteiger partial charge in [0.15, 0.2) is 0 Å². The number of aryl methyl sites for hydroxylation is 1. The van der Waals surface area contributed by atoms with Crippen molar-refractivity contribution in [2.75, 3.05) is 0 Å².